The summed E-state index contributed by atoms with van der Waals surface area (Å²) >= 11 is 17.2. The molecular formula is C13H9Cl3N2O3. The SMILES string of the molecule is O=C(Nc1ccc(Cl)cc1O)Nc1cc(Cl)c(Cl)cc1O. The Morgan fingerprint density at radius 3 is 2.10 bits per heavy atom. The molecule has 2 aromatic carbocycles. The molecule has 0 aliphatic heterocycles. The summed E-state index contributed by atoms with van der Waals surface area (Å²) in [5.41, 5.74) is 0.242. The van der Waals surface area contributed by atoms with E-state index < -0.39 is 6.03 Å². The van der Waals surface area contributed by atoms with E-state index in [2.05, 4.69) is 10.6 Å². The Morgan fingerprint density at radius 1 is 0.857 bits per heavy atom. The summed E-state index contributed by atoms with van der Waals surface area (Å²) in [7, 11) is 0. The highest BCUT2D eigenvalue weighted by atomic mass is 35.5. The van der Waals surface area contributed by atoms with Crippen LogP contribution in [0.4, 0.5) is 16.2 Å². The molecule has 0 bridgehead atoms. The molecule has 0 radical (unpaired) electrons. The van der Waals surface area contributed by atoms with E-state index in [1.165, 1.54) is 30.3 Å². The Hall–Kier alpha value is -1.82. The van der Waals surface area contributed by atoms with Crippen molar-refractivity contribution < 1.29 is 15.0 Å². The van der Waals surface area contributed by atoms with E-state index in [4.69, 9.17) is 34.8 Å². The van der Waals surface area contributed by atoms with Crippen LogP contribution in [0.5, 0.6) is 11.5 Å². The molecule has 21 heavy (non-hydrogen) atoms. The molecule has 8 heteroatoms. The molecule has 0 aliphatic rings. The second-order valence-corrected chi connectivity index (χ2v) is 5.27. The average Bonchev–Trinajstić information content (AvgIpc) is 2.39. The number of benzene rings is 2. The van der Waals surface area contributed by atoms with E-state index in [0.29, 0.717) is 5.02 Å². The van der Waals surface area contributed by atoms with Gasteiger partial charge in [0.2, 0.25) is 0 Å². The number of urea groups is 1. The molecule has 0 saturated carbocycles. The molecule has 0 fully saturated rings. The van der Waals surface area contributed by atoms with Gasteiger partial charge in [-0.25, -0.2) is 4.79 Å². The molecule has 2 amide bonds. The fraction of sp³-hybridized carbons (Fsp3) is 0. The molecule has 0 unspecified atom stereocenters. The largest absolute Gasteiger partial charge is 0.506 e. The number of carbonyl (C=O) groups is 1. The number of carbonyl (C=O) groups excluding carboxylic acids is 1. The van der Waals surface area contributed by atoms with Crippen molar-refractivity contribution in [1.82, 2.24) is 0 Å². The van der Waals surface area contributed by atoms with Crippen molar-refractivity contribution in [2.24, 2.45) is 0 Å². The number of hydrogen-bond donors (Lipinski definition) is 4. The lowest BCUT2D eigenvalue weighted by Crippen LogP contribution is -2.19. The molecule has 0 atom stereocenters. The number of hydrogen-bond acceptors (Lipinski definition) is 3. The first-order valence-electron chi connectivity index (χ1n) is 5.61. The topological polar surface area (TPSA) is 81.6 Å². The van der Waals surface area contributed by atoms with Crippen LogP contribution in [-0.4, -0.2) is 16.2 Å². The van der Waals surface area contributed by atoms with Crippen LogP contribution < -0.4 is 10.6 Å². The second kappa shape index (κ2) is 6.30. The zero-order chi connectivity index (χ0) is 15.6. The Bertz CT molecular complexity index is 707. The molecule has 4 N–H and O–H groups in total. The molecule has 0 saturated heterocycles. The normalized spacial score (nSPS) is 10.2. The number of halogens is 3. The first kappa shape index (κ1) is 15.6. The van der Waals surface area contributed by atoms with Crippen LogP contribution in [0.1, 0.15) is 0 Å². The summed E-state index contributed by atoms with van der Waals surface area (Å²) in [5, 5.41) is 24.8. The van der Waals surface area contributed by atoms with Gasteiger partial charge < -0.3 is 20.8 Å². The number of phenolic OH excluding ortho intramolecular Hbond substituents is 2. The van der Waals surface area contributed by atoms with Crippen molar-refractivity contribution in [3.63, 3.8) is 0 Å². The van der Waals surface area contributed by atoms with Crippen molar-refractivity contribution in [3.8, 4) is 11.5 Å². The predicted molar refractivity (Wildman–Crippen MR) is 83.9 cm³/mol. The smallest absolute Gasteiger partial charge is 0.323 e. The van der Waals surface area contributed by atoms with Gasteiger partial charge in [0, 0.05) is 17.2 Å². The fourth-order valence-corrected chi connectivity index (χ4v) is 2.01. The number of aromatic hydroxyl groups is 2. The van der Waals surface area contributed by atoms with Gasteiger partial charge in [0.25, 0.3) is 0 Å². The van der Waals surface area contributed by atoms with E-state index in [1.807, 2.05) is 0 Å². The minimum atomic E-state index is -0.679. The van der Waals surface area contributed by atoms with Gasteiger partial charge in [0.05, 0.1) is 21.4 Å². The van der Waals surface area contributed by atoms with Crippen LogP contribution in [0.25, 0.3) is 0 Å². The van der Waals surface area contributed by atoms with E-state index in [-0.39, 0.29) is 32.9 Å². The quantitative estimate of drug-likeness (QED) is 0.594. The van der Waals surface area contributed by atoms with Crippen LogP contribution in [-0.2, 0) is 0 Å². The maximum atomic E-state index is 11.8. The molecule has 110 valence electrons. The molecule has 2 aromatic rings. The lowest BCUT2D eigenvalue weighted by Gasteiger charge is -2.11. The van der Waals surface area contributed by atoms with Gasteiger partial charge >= 0.3 is 6.03 Å². The van der Waals surface area contributed by atoms with Crippen LogP contribution >= 0.6 is 34.8 Å². The van der Waals surface area contributed by atoms with E-state index >= 15 is 0 Å². The molecule has 2 rings (SSSR count). The first-order valence-corrected chi connectivity index (χ1v) is 6.74. The highest BCUT2D eigenvalue weighted by Crippen LogP contribution is 2.33. The monoisotopic (exact) mass is 346 g/mol. The van der Waals surface area contributed by atoms with Crippen molar-refractivity contribution >= 4 is 52.2 Å². The Balaban J connectivity index is 2.13. The Labute approximate surface area is 135 Å². The van der Waals surface area contributed by atoms with Crippen LogP contribution in [0.2, 0.25) is 15.1 Å². The summed E-state index contributed by atoms with van der Waals surface area (Å²) in [6, 6.07) is 6.06. The zero-order valence-corrected chi connectivity index (χ0v) is 12.6. The zero-order valence-electron chi connectivity index (χ0n) is 10.3. The predicted octanol–water partition coefficient (Wildman–Crippen LogP) is 4.70. The molecule has 5 nitrogen and oxygen atoms in total. The highest BCUT2D eigenvalue weighted by Gasteiger charge is 2.11. The standard InChI is InChI=1S/C13H9Cl3N2O3/c14-6-1-2-9(11(19)3-6)17-13(21)18-10-4-7(15)8(16)5-12(10)20/h1-5,19-20H,(H2,17,18,21). The third-order valence-corrected chi connectivity index (χ3v) is 3.45. The molecule has 0 aromatic heterocycles. The van der Waals surface area contributed by atoms with Gasteiger partial charge in [-0.1, -0.05) is 34.8 Å². The molecule has 0 heterocycles. The average molecular weight is 348 g/mol. The molecule has 0 aliphatic carbocycles. The van der Waals surface area contributed by atoms with E-state index in [1.54, 1.807) is 0 Å². The second-order valence-electron chi connectivity index (χ2n) is 4.02. The Kier molecular flexibility index (Phi) is 4.67. The minimum absolute atomic E-state index is 0.0790. The van der Waals surface area contributed by atoms with Crippen molar-refractivity contribution in [1.29, 1.82) is 0 Å². The van der Waals surface area contributed by atoms with Gasteiger partial charge in [-0.2, -0.15) is 0 Å². The summed E-state index contributed by atoms with van der Waals surface area (Å²) < 4.78 is 0. The fourth-order valence-electron chi connectivity index (χ4n) is 1.52. The van der Waals surface area contributed by atoms with Gasteiger partial charge in [-0.05, 0) is 18.2 Å². The first-order chi connectivity index (χ1) is 9.86. The van der Waals surface area contributed by atoms with Crippen LogP contribution in [0.3, 0.4) is 0 Å². The lowest BCUT2D eigenvalue weighted by molar-refractivity contribution is 0.262. The summed E-state index contributed by atoms with van der Waals surface area (Å²) in [5.74, 6) is -0.420. The van der Waals surface area contributed by atoms with Crippen molar-refractivity contribution in [2.75, 3.05) is 10.6 Å². The van der Waals surface area contributed by atoms with Crippen LogP contribution in [0.15, 0.2) is 30.3 Å². The lowest BCUT2D eigenvalue weighted by atomic mass is 10.3. The number of rotatable bonds is 2. The summed E-state index contributed by atoms with van der Waals surface area (Å²) in [4.78, 5) is 11.8. The number of amides is 2. The van der Waals surface area contributed by atoms with Gasteiger partial charge in [-0.3, -0.25) is 0 Å². The van der Waals surface area contributed by atoms with E-state index in [9.17, 15) is 15.0 Å². The van der Waals surface area contributed by atoms with E-state index in [0.717, 1.165) is 0 Å². The molecule has 0 spiro atoms. The van der Waals surface area contributed by atoms with Crippen molar-refractivity contribution in [2.45, 2.75) is 0 Å². The van der Waals surface area contributed by atoms with Gasteiger partial charge in [0.1, 0.15) is 11.5 Å². The van der Waals surface area contributed by atoms with Gasteiger partial charge in [0.15, 0.2) is 0 Å². The maximum absolute atomic E-state index is 11.8. The van der Waals surface area contributed by atoms with Crippen LogP contribution in [0, 0.1) is 0 Å². The molecular weight excluding hydrogens is 339 g/mol. The summed E-state index contributed by atoms with van der Waals surface area (Å²) in [6.45, 7) is 0. The minimum Gasteiger partial charge on any atom is -0.506 e. The third kappa shape index (κ3) is 3.85. The number of phenols is 2. The highest BCUT2D eigenvalue weighted by molar-refractivity contribution is 6.42. The Morgan fingerprint density at radius 2 is 1.43 bits per heavy atom. The number of nitrogens with one attached hydrogen (secondary N) is 2. The van der Waals surface area contributed by atoms with Gasteiger partial charge in [-0.15, -0.1) is 0 Å². The third-order valence-electron chi connectivity index (χ3n) is 2.49. The van der Waals surface area contributed by atoms with Crippen molar-refractivity contribution in [3.05, 3.63) is 45.4 Å². The summed E-state index contributed by atoms with van der Waals surface area (Å²) in [6.07, 6.45) is 0. The maximum Gasteiger partial charge on any atom is 0.323 e. The number of anilines is 2.